The molecule has 1 aliphatic rings. The summed E-state index contributed by atoms with van der Waals surface area (Å²) in [5.74, 6) is -0.700. The van der Waals surface area contributed by atoms with Crippen LogP contribution in [0.2, 0.25) is 0 Å². The zero-order valence-corrected chi connectivity index (χ0v) is 8.88. The zero-order chi connectivity index (χ0) is 10.6. The van der Waals surface area contributed by atoms with Crippen molar-refractivity contribution in [3.05, 3.63) is 0 Å². The molecule has 0 unspecified atom stereocenters. The lowest BCUT2D eigenvalue weighted by Gasteiger charge is -2.33. The number of hydrogen-bond donors (Lipinski definition) is 2. The van der Waals surface area contributed by atoms with Crippen LogP contribution in [0.3, 0.4) is 0 Å². The Morgan fingerprint density at radius 3 is 2.50 bits per heavy atom. The number of rotatable bonds is 4. The smallest absolute Gasteiger partial charge is 0.311 e. The Balaban J connectivity index is 2.56. The van der Waals surface area contributed by atoms with Crippen molar-refractivity contribution in [1.82, 2.24) is 5.32 Å². The number of hydrogen-bond acceptors (Lipinski definition) is 3. The highest BCUT2D eigenvalue weighted by atomic mass is 16.5. The van der Waals surface area contributed by atoms with Crippen LogP contribution in [0.15, 0.2) is 0 Å². The molecule has 2 N–H and O–H groups in total. The summed E-state index contributed by atoms with van der Waals surface area (Å²) in [5.41, 5.74) is -0.609. The van der Waals surface area contributed by atoms with Crippen molar-refractivity contribution in [2.24, 2.45) is 5.41 Å². The fourth-order valence-electron chi connectivity index (χ4n) is 1.63. The molecule has 0 spiro atoms. The van der Waals surface area contributed by atoms with Crippen LogP contribution in [0, 0.1) is 5.41 Å². The molecule has 82 valence electrons. The standard InChI is InChI=1S/C10H19NO3/c1-8(2)11-7-10(9(12)13)3-5-14-6-4-10/h8,11H,3-7H2,1-2H3,(H,12,13). The molecule has 0 aromatic rings. The van der Waals surface area contributed by atoms with E-state index < -0.39 is 11.4 Å². The lowest BCUT2D eigenvalue weighted by Crippen LogP contribution is -2.46. The summed E-state index contributed by atoms with van der Waals surface area (Å²) >= 11 is 0. The molecule has 0 amide bonds. The van der Waals surface area contributed by atoms with Crippen LogP contribution >= 0.6 is 0 Å². The molecular weight excluding hydrogens is 182 g/mol. The highest BCUT2D eigenvalue weighted by Crippen LogP contribution is 2.30. The van der Waals surface area contributed by atoms with E-state index in [9.17, 15) is 9.90 Å². The maximum Gasteiger partial charge on any atom is 0.311 e. The highest BCUT2D eigenvalue weighted by molar-refractivity contribution is 5.75. The normalized spacial score (nSPS) is 21.1. The van der Waals surface area contributed by atoms with Gasteiger partial charge in [-0.3, -0.25) is 4.79 Å². The number of carbonyl (C=O) groups is 1. The summed E-state index contributed by atoms with van der Waals surface area (Å²) in [6.45, 7) is 5.71. The molecule has 0 aliphatic carbocycles. The quantitative estimate of drug-likeness (QED) is 0.708. The van der Waals surface area contributed by atoms with Crippen LogP contribution in [0.1, 0.15) is 26.7 Å². The Morgan fingerprint density at radius 2 is 2.07 bits per heavy atom. The first-order valence-electron chi connectivity index (χ1n) is 5.11. The third-order valence-electron chi connectivity index (χ3n) is 2.75. The average Bonchev–Trinajstić information content (AvgIpc) is 2.16. The maximum absolute atomic E-state index is 11.2. The lowest BCUT2D eigenvalue weighted by atomic mass is 9.80. The summed E-state index contributed by atoms with van der Waals surface area (Å²) in [4.78, 5) is 11.2. The summed E-state index contributed by atoms with van der Waals surface area (Å²) in [6, 6.07) is 0.328. The number of carboxylic acids is 1. The fourth-order valence-corrected chi connectivity index (χ4v) is 1.63. The first-order chi connectivity index (χ1) is 6.57. The minimum atomic E-state index is -0.700. The molecule has 14 heavy (non-hydrogen) atoms. The maximum atomic E-state index is 11.2. The monoisotopic (exact) mass is 201 g/mol. The number of nitrogens with one attached hydrogen (secondary N) is 1. The Kier molecular flexibility index (Phi) is 3.89. The van der Waals surface area contributed by atoms with Gasteiger partial charge in [0.15, 0.2) is 0 Å². The largest absolute Gasteiger partial charge is 0.481 e. The highest BCUT2D eigenvalue weighted by Gasteiger charge is 2.39. The Bertz CT molecular complexity index is 198. The fraction of sp³-hybridized carbons (Fsp3) is 0.900. The van der Waals surface area contributed by atoms with Crippen molar-refractivity contribution in [1.29, 1.82) is 0 Å². The second-order valence-corrected chi connectivity index (χ2v) is 4.23. The number of ether oxygens (including phenoxy) is 1. The van der Waals surface area contributed by atoms with Gasteiger partial charge in [-0.05, 0) is 12.8 Å². The van der Waals surface area contributed by atoms with E-state index in [2.05, 4.69) is 5.32 Å². The molecule has 0 saturated carbocycles. The topological polar surface area (TPSA) is 58.6 Å². The first-order valence-corrected chi connectivity index (χ1v) is 5.11. The van der Waals surface area contributed by atoms with Crippen LogP contribution < -0.4 is 5.32 Å². The van der Waals surface area contributed by atoms with E-state index in [1.54, 1.807) is 0 Å². The van der Waals surface area contributed by atoms with E-state index >= 15 is 0 Å². The SMILES string of the molecule is CC(C)NCC1(C(=O)O)CCOCC1. The van der Waals surface area contributed by atoms with Gasteiger partial charge in [0.2, 0.25) is 0 Å². The summed E-state index contributed by atoms with van der Waals surface area (Å²) < 4.78 is 5.19. The van der Waals surface area contributed by atoms with Gasteiger partial charge < -0.3 is 15.2 Å². The zero-order valence-electron chi connectivity index (χ0n) is 8.88. The molecule has 0 radical (unpaired) electrons. The molecule has 1 aliphatic heterocycles. The summed E-state index contributed by atoms with van der Waals surface area (Å²) in [6.07, 6.45) is 1.23. The molecule has 1 rings (SSSR count). The van der Waals surface area contributed by atoms with E-state index in [4.69, 9.17) is 4.74 Å². The van der Waals surface area contributed by atoms with Crippen LogP contribution in [-0.2, 0) is 9.53 Å². The summed E-state index contributed by atoms with van der Waals surface area (Å²) in [5, 5.41) is 12.4. The van der Waals surface area contributed by atoms with Crippen molar-refractivity contribution in [2.75, 3.05) is 19.8 Å². The minimum Gasteiger partial charge on any atom is -0.481 e. The van der Waals surface area contributed by atoms with Crippen LogP contribution in [0.25, 0.3) is 0 Å². The van der Waals surface area contributed by atoms with E-state index in [-0.39, 0.29) is 0 Å². The second-order valence-electron chi connectivity index (χ2n) is 4.23. The van der Waals surface area contributed by atoms with Crippen LogP contribution in [0.5, 0.6) is 0 Å². The molecule has 0 aromatic heterocycles. The molecule has 1 saturated heterocycles. The van der Waals surface area contributed by atoms with Crippen LogP contribution in [-0.4, -0.2) is 36.9 Å². The van der Waals surface area contributed by atoms with Crippen LogP contribution in [0.4, 0.5) is 0 Å². The molecule has 0 bridgehead atoms. The van der Waals surface area contributed by atoms with Gasteiger partial charge in [-0.2, -0.15) is 0 Å². The van der Waals surface area contributed by atoms with Gasteiger partial charge in [0, 0.05) is 25.8 Å². The average molecular weight is 201 g/mol. The Labute approximate surface area is 84.6 Å². The predicted octanol–water partition coefficient (Wildman–Crippen LogP) is 0.866. The van der Waals surface area contributed by atoms with Crippen molar-refractivity contribution in [3.63, 3.8) is 0 Å². The molecule has 0 aromatic carbocycles. The molecule has 4 heteroatoms. The number of carboxylic acid groups (broad SMARTS) is 1. The first kappa shape index (κ1) is 11.5. The van der Waals surface area contributed by atoms with Gasteiger partial charge in [-0.1, -0.05) is 13.8 Å². The Morgan fingerprint density at radius 1 is 1.50 bits per heavy atom. The van der Waals surface area contributed by atoms with Crippen molar-refractivity contribution in [2.45, 2.75) is 32.7 Å². The van der Waals surface area contributed by atoms with E-state index in [1.165, 1.54) is 0 Å². The molecule has 1 heterocycles. The minimum absolute atomic E-state index is 0.328. The van der Waals surface area contributed by atoms with E-state index in [0.29, 0.717) is 38.6 Å². The lowest BCUT2D eigenvalue weighted by molar-refractivity contribution is -0.154. The molecule has 1 fully saturated rings. The van der Waals surface area contributed by atoms with Crippen molar-refractivity contribution < 1.29 is 14.6 Å². The molecule has 0 atom stereocenters. The predicted molar refractivity (Wildman–Crippen MR) is 53.3 cm³/mol. The van der Waals surface area contributed by atoms with Gasteiger partial charge in [0.25, 0.3) is 0 Å². The third-order valence-corrected chi connectivity index (χ3v) is 2.75. The molecule has 4 nitrogen and oxygen atoms in total. The van der Waals surface area contributed by atoms with E-state index in [1.807, 2.05) is 13.8 Å². The second kappa shape index (κ2) is 4.75. The van der Waals surface area contributed by atoms with Gasteiger partial charge in [0.05, 0.1) is 5.41 Å². The summed E-state index contributed by atoms with van der Waals surface area (Å²) in [7, 11) is 0. The van der Waals surface area contributed by atoms with Gasteiger partial charge in [0.1, 0.15) is 0 Å². The molecular formula is C10H19NO3. The van der Waals surface area contributed by atoms with Crippen molar-refractivity contribution in [3.8, 4) is 0 Å². The third kappa shape index (κ3) is 2.69. The number of aliphatic carboxylic acids is 1. The van der Waals surface area contributed by atoms with Crippen molar-refractivity contribution >= 4 is 5.97 Å². The van der Waals surface area contributed by atoms with Gasteiger partial charge in [-0.25, -0.2) is 0 Å². The Hall–Kier alpha value is -0.610. The van der Waals surface area contributed by atoms with E-state index in [0.717, 1.165) is 0 Å². The van der Waals surface area contributed by atoms with Gasteiger partial charge >= 0.3 is 5.97 Å². The van der Waals surface area contributed by atoms with Gasteiger partial charge in [-0.15, -0.1) is 0 Å².